The van der Waals surface area contributed by atoms with Gasteiger partial charge in [0, 0.05) is 25.2 Å². The number of nitrogens with zero attached hydrogens (tertiary/aromatic N) is 1. The van der Waals surface area contributed by atoms with Crippen LogP contribution in [0.3, 0.4) is 0 Å². The van der Waals surface area contributed by atoms with E-state index in [9.17, 15) is 9.18 Å². The summed E-state index contributed by atoms with van der Waals surface area (Å²) in [7, 11) is 1.70. The Morgan fingerprint density at radius 2 is 1.92 bits per heavy atom. The molecule has 0 atom stereocenters. The van der Waals surface area contributed by atoms with Gasteiger partial charge in [0.15, 0.2) is 11.5 Å². The lowest BCUT2D eigenvalue weighted by Gasteiger charge is -2.20. The van der Waals surface area contributed by atoms with Crippen LogP contribution >= 0.6 is 0 Å². The first-order valence-electron chi connectivity index (χ1n) is 7.70. The van der Waals surface area contributed by atoms with Gasteiger partial charge in [0.25, 0.3) is 0 Å². The molecule has 1 aliphatic rings. The molecule has 0 spiro atoms. The van der Waals surface area contributed by atoms with Crippen molar-refractivity contribution in [2.75, 3.05) is 20.3 Å². The summed E-state index contributed by atoms with van der Waals surface area (Å²) in [6.45, 7) is 1.50. The Morgan fingerprint density at radius 3 is 2.71 bits per heavy atom. The Morgan fingerprint density at radius 1 is 1.17 bits per heavy atom. The van der Waals surface area contributed by atoms with Gasteiger partial charge in [-0.3, -0.25) is 4.79 Å². The second-order valence-corrected chi connectivity index (χ2v) is 5.53. The van der Waals surface area contributed by atoms with Crippen LogP contribution in [0.25, 0.3) is 6.08 Å². The molecule has 0 aliphatic carbocycles. The quantitative estimate of drug-likeness (QED) is 0.809. The van der Waals surface area contributed by atoms with E-state index in [0.717, 1.165) is 11.3 Å². The minimum absolute atomic E-state index is 0.201. The molecule has 0 aromatic heterocycles. The van der Waals surface area contributed by atoms with Crippen molar-refractivity contribution < 1.29 is 18.7 Å². The van der Waals surface area contributed by atoms with Crippen LogP contribution in [0.4, 0.5) is 4.39 Å². The number of hydrogen-bond acceptors (Lipinski definition) is 3. The molecule has 124 valence electrons. The molecule has 24 heavy (non-hydrogen) atoms. The minimum Gasteiger partial charge on any atom is -0.486 e. The fraction of sp³-hybridized carbons (Fsp3) is 0.211. The summed E-state index contributed by atoms with van der Waals surface area (Å²) < 4.78 is 24.6. The van der Waals surface area contributed by atoms with Gasteiger partial charge in [-0.2, -0.15) is 0 Å². The number of likely N-dealkylation sites (N-methyl/N-ethyl adjacent to an activating group) is 1. The first-order valence-corrected chi connectivity index (χ1v) is 7.70. The summed E-state index contributed by atoms with van der Waals surface area (Å²) in [6, 6.07) is 12.0. The summed E-state index contributed by atoms with van der Waals surface area (Å²) in [6.07, 6.45) is 2.86. The average molecular weight is 327 g/mol. The molecule has 1 amide bonds. The summed E-state index contributed by atoms with van der Waals surface area (Å²) in [4.78, 5) is 13.7. The first-order chi connectivity index (χ1) is 11.6. The lowest BCUT2D eigenvalue weighted by molar-refractivity contribution is -0.125. The fourth-order valence-corrected chi connectivity index (χ4v) is 2.44. The maximum atomic E-state index is 13.5. The van der Waals surface area contributed by atoms with Gasteiger partial charge < -0.3 is 14.4 Å². The molecular formula is C19H18FNO3. The van der Waals surface area contributed by atoms with E-state index in [1.807, 2.05) is 18.2 Å². The van der Waals surface area contributed by atoms with Gasteiger partial charge in [0.2, 0.25) is 5.91 Å². The SMILES string of the molecule is CN(Cc1ccc2c(c1)OCCO2)C(=O)/C=C/c1ccccc1F. The molecular weight excluding hydrogens is 309 g/mol. The zero-order valence-corrected chi connectivity index (χ0v) is 13.4. The standard InChI is InChI=1S/C19H18FNO3/c1-21(19(22)9-7-15-4-2-3-5-16(15)20)13-14-6-8-17-18(12-14)24-11-10-23-17/h2-9,12H,10-11,13H2,1H3/b9-7+. The molecule has 1 aliphatic heterocycles. The molecule has 0 bridgehead atoms. The van der Waals surface area contributed by atoms with E-state index in [0.29, 0.717) is 31.1 Å². The zero-order chi connectivity index (χ0) is 16.9. The van der Waals surface area contributed by atoms with E-state index < -0.39 is 0 Å². The number of carbonyl (C=O) groups excluding carboxylic acids is 1. The van der Waals surface area contributed by atoms with E-state index in [-0.39, 0.29) is 11.7 Å². The molecule has 0 N–H and O–H groups in total. The smallest absolute Gasteiger partial charge is 0.246 e. The second-order valence-electron chi connectivity index (χ2n) is 5.53. The predicted molar refractivity (Wildman–Crippen MR) is 89.3 cm³/mol. The lowest BCUT2D eigenvalue weighted by Crippen LogP contribution is -2.24. The molecule has 2 aromatic carbocycles. The maximum Gasteiger partial charge on any atom is 0.246 e. The first kappa shape index (κ1) is 16.1. The van der Waals surface area contributed by atoms with Crippen molar-refractivity contribution in [1.29, 1.82) is 0 Å². The molecule has 5 heteroatoms. The number of carbonyl (C=O) groups is 1. The van der Waals surface area contributed by atoms with Crippen molar-refractivity contribution in [3.63, 3.8) is 0 Å². The number of hydrogen-bond donors (Lipinski definition) is 0. The van der Waals surface area contributed by atoms with Crippen LogP contribution in [-0.4, -0.2) is 31.1 Å². The highest BCUT2D eigenvalue weighted by molar-refractivity contribution is 5.91. The third-order valence-electron chi connectivity index (χ3n) is 3.71. The molecule has 1 heterocycles. The van der Waals surface area contributed by atoms with Gasteiger partial charge in [-0.25, -0.2) is 4.39 Å². The van der Waals surface area contributed by atoms with Crippen molar-refractivity contribution in [3.8, 4) is 11.5 Å². The Hall–Kier alpha value is -2.82. The number of benzene rings is 2. The normalized spacial score (nSPS) is 13.1. The van der Waals surface area contributed by atoms with Crippen molar-refractivity contribution in [1.82, 2.24) is 4.90 Å². The third-order valence-corrected chi connectivity index (χ3v) is 3.71. The van der Waals surface area contributed by atoms with E-state index in [1.54, 1.807) is 30.1 Å². The van der Waals surface area contributed by atoms with Crippen molar-refractivity contribution in [3.05, 3.63) is 65.5 Å². The van der Waals surface area contributed by atoms with Gasteiger partial charge in [-0.1, -0.05) is 24.3 Å². The molecule has 0 unspecified atom stereocenters. The Bertz CT molecular complexity index is 773. The van der Waals surface area contributed by atoms with Gasteiger partial charge in [0.1, 0.15) is 19.0 Å². The number of amides is 1. The second kappa shape index (κ2) is 7.17. The van der Waals surface area contributed by atoms with Crippen LogP contribution in [0.5, 0.6) is 11.5 Å². The zero-order valence-electron chi connectivity index (χ0n) is 13.4. The van der Waals surface area contributed by atoms with Crippen LogP contribution in [0, 0.1) is 5.82 Å². The number of halogens is 1. The third kappa shape index (κ3) is 3.74. The van der Waals surface area contributed by atoms with Crippen LogP contribution in [0.2, 0.25) is 0 Å². The molecule has 2 aromatic rings. The minimum atomic E-state index is -0.351. The topological polar surface area (TPSA) is 38.8 Å². The Balaban J connectivity index is 1.65. The van der Waals surface area contributed by atoms with Crippen LogP contribution < -0.4 is 9.47 Å². The van der Waals surface area contributed by atoms with E-state index in [4.69, 9.17) is 9.47 Å². The highest BCUT2D eigenvalue weighted by Gasteiger charge is 2.13. The van der Waals surface area contributed by atoms with Crippen molar-refractivity contribution in [2.45, 2.75) is 6.54 Å². The van der Waals surface area contributed by atoms with Gasteiger partial charge >= 0.3 is 0 Å². The maximum absolute atomic E-state index is 13.5. The number of ether oxygens (including phenoxy) is 2. The molecule has 3 rings (SSSR count). The molecule has 0 radical (unpaired) electrons. The molecule has 0 saturated carbocycles. The largest absolute Gasteiger partial charge is 0.486 e. The fourth-order valence-electron chi connectivity index (χ4n) is 2.44. The van der Waals surface area contributed by atoms with Gasteiger partial charge in [0.05, 0.1) is 0 Å². The predicted octanol–water partition coefficient (Wildman–Crippen LogP) is 3.27. The lowest BCUT2D eigenvalue weighted by atomic mass is 10.1. The summed E-state index contributed by atoms with van der Waals surface area (Å²) >= 11 is 0. The Kier molecular flexibility index (Phi) is 4.79. The number of fused-ring (bicyclic) bond motifs is 1. The van der Waals surface area contributed by atoms with Gasteiger partial charge in [-0.05, 0) is 29.8 Å². The van der Waals surface area contributed by atoms with E-state index in [1.165, 1.54) is 18.2 Å². The molecule has 0 saturated heterocycles. The number of rotatable bonds is 4. The molecule has 0 fully saturated rings. The van der Waals surface area contributed by atoms with Crippen molar-refractivity contribution in [2.24, 2.45) is 0 Å². The van der Waals surface area contributed by atoms with Gasteiger partial charge in [-0.15, -0.1) is 0 Å². The highest BCUT2D eigenvalue weighted by Crippen LogP contribution is 2.31. The Labute approximate surface area is 140 Å². The van der Waals surface area contributed by atoms with E-state index >= 15 is 0 Å². The summed E-state index contributed by atoms with van der Waals surface area (Å²) in [5, 5.41) is 0. The van der Waals surface area contributed by atoms with Crippen LogP contribution in [-0.2, 0) is 11.3 Å². The van der Waals surface area contributed by atoms with Crippen LogP contribution in [0.15, 0.2) is 48.5 Å². The highest BCUT2D eigenvalue weighted by atomic mass is 19.1. The van der Waals surface area contributed by atoms with Crippen molar-refractivity contribution >= 4 is 12.0 Å². The monoisotopic (exact) mass is 327 g/mol. The summed E-state index contributed by atoms with van der Waals surface area (Å²) in [5.41, 5.74) is 1.33. The summed E-state index contributed by atoms with van der Waals surface area (Å²) in [5.74, 6) is 0.865. The molecule has 4 nitrogen and oxygen atoms in total. The van der Waals surface area contributed by atoms with E-state index in [2.05, 4.69) is 0 Å². The average Bonchev–Trinajstić information content (AvgIpc) is 2.60. The van der Waals surface area contributed by atoms with Crippen LogP contribution in [0.1, 0.15) is 11.1 Å².